The maximum atomic E-state index is 11.8. The highest BCUT2D eigenvalue weighted by atomic mass is 16.7. The number of carbonyl (C=O) groups excluding carboxylic acids is 1. The summed E-state index contributed by atoms with van der Waals surface area (Å²) < 4.78 is 16.2. The number of carbonyl (C=O) groups is 1. The minimum absolute atomic E-state index is 0.0196. The summed E-state index contributed by atoms with van der Waals surface area (Å²) in [6.07, 6.45) is -5.00. The van der Waals surface area contributed by atoms with Gasteiger partial charge >= 0.3 is 11.8 Å². The maximum absolute atomic E-state index is 11.8. The number of nitrogens with zero attached hydrogens (tertiary/aromatic N) is 1. The summed E-state index contributed by atoms with van der Waals surface area (Å²) in [5.41, 5.74) is -0.632. The van der Waals surface area contributed by atoms with Crippen LogP contribution in [-0.2, 0) is 20.8 Å². The predicted molar refractivity (Wildman–Crippen MR) is 89.8 cm³/mol. The van der Waals surface area contributed by atoms with Gasteiger partial charge in [-0.15, -0.1) is 0 Å². The number of aliphatic hydroxyl groups is 2. The van der Waals surface area contributed by atoms with Gasteiger partial charge in [0, 0.05) is 12.3 Å². The lowest BCUT2D eigenvalue weighted by atomic mass is 10.1. The van der Waals surface area contributed by atoms with Gasteiger partial charge < -0.3 is 24.4 Å². The minimum Gasteiger partial charge on any atom is -0.431 e. The van der Waals surface area contributed by atoms with Crippen molar-refractivity contribution in [3.8, 4) is 0 Å². The van der Waals surface area contributed by atoms with E-state index in [1.54, 1.807) is 24.3 Å². The smallest absolute Gasteiger partial charge is 0.431 e. The Kier molecular flexibility index (Phi) is 5.69. The lowest BCUT2D eigenvalue weighted by Crippen LogP contribution is -2.37. The number of hydrogen-bond donors (Lipinski definition) is 3. The van der Waals surface area contributed by atoms with E-state index in [1.165, 1.54) is 0 Å². The average molecular weight is 378 g/mol. The van der Waals surface area contributed by atoms with E-state index in [0.717, 1.165) is 22.4 Å². The Morgan fingerprint density at radius 2 is 1.85 bits per heavy atom. The highest BCUT2D eigenvalue weighted by Gasteiger charge is 2.44. The van der Waals surface area contributed by atoms with Crippen molar-refractivity contribution < 1.29 is 29.2 Å². The molecule has 0 radical (unpaired) electrons. The normalized spacial score (nSPS) is 24.5. The van der Waals surface area contributed by atoms with E-state index in [1.807, 2.05) is 11.1 Å². The molecular weight excluding hydrogens is 360 g/mol. The second-order valence-electron chi connectivity index (χ2n) is 5.90. The molecule has 10 heteroatoms. The van der Waals surface area contributed by atoms with E-state index in [-0.39, 0.29) is 13.2 Å². The highest BCUT2D eigenvalue weighted by Crippen LogP contribution is 2.28. The largest absolute Gasteiger partial charge is 0.508 e. The van der Waals surface area contributed by atoms with E-state index in [9.17, 15) is 24.6 Å². The molecule has 0 amide bonds. The first kappa shape index (κ1) is 18.8. The third kappa shape index (κ3) is 4.42. The van der Waals surface area contributed by atoms with Crippen LogP contribution in [0.2, 0.25) is 0 Å². The number of aliphatic hydroxyl groups excluding tert-OH is 2. The van der Waals surface area contributed by atoms with Crippen LogP contribution < -0.4 is 11.2 Å². The molecule has 0 aliphatic carbocycles. The summed E-state index contributed by atoms with van der Waals surface area (Å²) in [7, 11) is 0. The summed E-state index contributed by atoms with van der Waals surface area (Å²) in [4.78, 5) is 36.6. The van der Waals surface area contributed by atoms with Gasteiger partial charge in [0.15, 0.2) is 6.23 Å². The van der Waals surface area contributed by atoms with E-state index in [2.05, 4.69) is 0 Å². The summed E-state index contributed by atoms with van der Waals surface area (Å²) >= 11 is 0. The third-order valence-electron chi connectivity index (χ3n) is 4.03. The molecule has 2 aromatic rings. The molecule has 1 aromatic heterocycles. The molecule has 4 atom stereocenters. The fourth-order valence-electron chi connectivity index (χ4n) is 2.63. The molecule has 3 N–H and O–H groups in total. The first-order valence-corrected chi connectivity index (χ1v) is 8.12. The average Bonchev–Trinajstić information content (AvgIpc) is 2.94. The zero-order valence-electron chi connectivity index (χ0n) is 14.1. The predicted octanol–water partition coefficient (Wildman–Crippen LogP) is -0.491. The van der Waals surface area contributed by atoms with E-state index < -0.39 is 41.9 Å². The number of rotatable bonds is 5. The zero-order valence-corrected chi connectivity index (χ0v) is 14.1. The van der Waals surface area contributed by atoms with Crippen molar-refractivity contribution in [3.63, 3.8) is 0 Å². The van der Waals surface area contributed by atoms with Gasteiger partial charge in [-0.25, -0.2) is 9.59 Å². The third-order valence-corrected chi connectivity index (χ3v) is 4.03. The monoisotopic (exact) mass is 378 g/mol. The van der Waals surface area contributed by atoms with Gasteiger partial charge in [-0.3, -0.25) is 14.3 Å². The molecular formula is C17H18N2O8. The van der Waals surface area contributed by atoms with E-state index in [4.69, 9.17) is 14.2 Å². The summed E-state index contributed by atoms with van der Waals surface area (Å²) in [6, 6.07) is 10.1. The van der Waals surface area contributed by atoms with Crippen molar-refractivity contribution in [2.75, 3.05) is 6.61 Å². The van der Waals surface area contributed by atoms with Gasteiger partial charge in [0.2, 0.25) is 0 Å². The summed E-state index contributed by atoms with van der Waals surface area (Å²) in [5, 5.41) is 20.2. The Hall–Kier alpha value is -2.95. The van der Waals surface area contributed by atoms with Gasteiger partial charge in [-0.2, -0.15) is 0 Å². The van der Waals surface area contributed by atoms with Crippen molar-refractivity contribution in [1.82, 2.24) is 9.55 Å². The fourth-order valence-corrected chi connectivity index (χ4v) is 2.63. The molecule has 1 saturated heterocycles. The van der Waals surface area contributed by atoms with Crippen LogP contribution in [0.25, 0.3) is 0 Å². The number of benzene rings is 1. The first-order valence-electron chi connectivity index (χ1n) is 8.12. The molecule has 0 bridgehead atoms. The lowest BCUT2D eigenvalue weighted by molar-refractivity contribution is -0.0648. The topological polar surface area (TPSA) is 140 Å². The second-order valence-corrected chi connectivity index (χ2v) is 5.90. The molecule has 1 aliphatic heterocycles. The molecule has 1 aliphatic rings. The molecule has 2 heterocycles. The Morgan fingerprint density at radius 3 is 2.56 bits per heavy atom. The number of nitrogens with one attached hydrogen (secondary N) is 1. The fraction of sp³-hybridized carbons (Fsp3) is 0.353. The standard InChI is InChI=1S/C17H18N2O8/c20-12-6-7-19(16(23)18-12)15-14(22)13(21)11(27-15)9-26-17(24)25-8-10-4-2-1-3-5-10/h1-7,11,13-15,21-22H,8-9H2,(H,18,20,23)/t11-,13-,14-,15-/m1/s1. The van der Waals surface area contributed by atoms with Crippen molar-refractivity contribution in [2.24, 2.45) is 0 Å². The number of H-pyrrole nitrogens is 1. The van der Waals surface area contributed by atoms with Crippen LogP contribution in [-0.4, -0.2) is 50.8 Å². The zero-order chi connectivity index (χ0) is 19.4. The molecule has 27 heavy (non-hydrogen) atoms. The van der Waals surface area contributed by atoms with Crippen molar-refractivity contribution in [3.05, 3.63) is 69.0 Å². The Bertz CT molecular complexity index is 894. The molecule has 0 unspecified atom stereocenters. The summed E-state index contributed by atoms with van der Waals surface area (Å²) in [5.74, 6) is 0. The highest BCUT2D eigenvalue weighted by molar-refractivity contribution is 5.59. The number of aromatic amines is 1. The van der Waals surface area contributed by atoms with Crippen LogP contribution in [0.1, 0.15) is 11.8 Å². The van der Waals surface area contributed by atoms with Crippen LogP contribution in [0.4, 0.5) is 4.79 Å². The Morgan fingerprint density at radius 1 is 1.11 bits per heavy atom. The minimum atomic E-state index is -1.46. The molecule has 3 rings (SSSR count). The van der Waals surface area contributed by atoms with Gasteiger partial charge in [0.05, 0.1) is 0 Å². The van der Waals surface area contributed by atoms with Crippen LogP contribution >= 0.6 is 0 Å². The Balaban J connectivity index is 1.55. The first-order chi connectivity index (χ1) is 13.0. The van der Waals surface area contributed by atoms with Gasteiger partial charge in [-0.05, 0) is 5.56 Å². The SMILES string of the molecule is O=C(OCc1ccccc1)OC[C@H]1O[C@@H](n2ccc(=O)[nH]c2=O)[C@H](O)[C@@H]1O. The van der Waals surface area contributed by atoms with Crippen molar-refractivity contribution in [1.29, 1.82) is 0 Å². The maximum Gasteiger partial charge on any atom is 0.508 e. The summed E-state index contributed by atoms with van der Waals surface area (Å²) in [6.45, 7) is -0.369. The van der Waals surface area contributed by atoms with Crippen LogP contribution in [0.3, 0.4) is 0 Å². The quantitative estimate of drug-likeness (QED) is 0.592. The molecule has 1 fully saturated rings. The lowest BCUT2D eigenvalue weighted by Gasteiger charge is -2.16. The van der Waals surface area contributed by atoms with E-state index in [0.29, 0.717) is 0 Å². The molecule has 0 spiro atoms. The molecule has 144 valence electrons. The van der Waals surface area contributed by atoms with Crippen LogP contribution in [0.15, 0.2) is 52.2 Å². The molecule has 10 nitrogen and oxygen atoms in total. The molecule has 1 aromatic carbocycles. The number of aromatic nitrogens is 2. The number of hydrogen-bond acceptors (Lipinski definition) is 8. The van der Waals surface area contributed by atoms with Gasteiger partial charge in [0.25, 0.3) is 5.56 Å². The van der Waals surface area contributed by atoms with Gasteiger partial charge in [0.1, 0.15) is 31.5 Å². The van der Waals surface area contributed by atoms with Crippen molar-refractivity contribution in [2.45, 2.75) is 31.1 Å². The second kappa shape index (κ2) is 8.16. The van der Waals surface area contributed by atoms with Crippen LogP contribution in [0, 0.1) is 0 Å². The van der Waals surface area contributed by atoms with Crippen molar-refractivity contribution >= 4 is 6.16 Å². The van der Waals surface area contributed by atoms with E-state index >= 15 is 0 Å². The number of ether oxygens (including phenoxy) is 3. The Labute approximate surface area is 152 Å². The molecule has 0 saturated carbocycles. The van der Waals surface area contributed by atoms with Gasteiger partial charge in [-0.1, -0.05) is 30.3 Å². The van der Waals surface area contributed by atoms with Crippen LogP contribution in [0.5, 0.6) is 0 Å².